The molecule has 7 nitrogen and oxygen atoms in total. The summed E-state index contributed by atoms with van der Waals surface area (Å²) >= 11 is 0.949. The first-order chi connectivity index (χ1) is 8.04. The zero-order chi connectivity index (χ0) is 12.9. The molecule has 1 heterocycles. The maximum Gasteiger partial charge on any atom is 0.310 e. The van der Waals surface area contributed by atoms with Crippen molar-refractivity contribution in [2.75, 3.05) is 5.32 Å². The Labute approximate surface area is 102 Å². The first-order valence-corrected chi connectivity index (χ1v) is 5.99. The molecule has 1 aromatic rings. The second kappa shape index (κ2) is 5.67. The van der Waals surface area contributed by atoms with E-state index in [2.05, 4.69) is 20.1 Å². The number of carboxylic acids is 1. The number of hydrogen-bond acceptors (Lipinski definition) is 6. The highest BCUT2D eigenvalue weighted by molar-refractivity contribution is 7.09. The van der Waals surface area contributed by atoms with Crippen molar-refractivity contribution < 1.29 is 14.7 Å². The van der Waals surface area contributed by atoms with Gasteiger partial charge in [-0.05, 0) is 18.1 Å². The Bertz CT molecular complexity index is 389. The van der Waals surface area contributed by atoms with E-state index in [9.17, 15) is 14.7 Å². The molecular weight excluding hydrogens is 244 g/mol. The van der Waals surface area contributed by atoms with E-state index < -0.39 is 11.4 Å². The van der Waals surface area contributed by atoms with E-state index in [1.165, 1.54) is 0 Å². The molecule has 0 aromatic carbocycles. The fourth-order valence-corrected chi connectivity index (χ4v) is 1.91. The third-order valence-corrected chi connectivity index (χ3v) is 3.36. The number of aromatic nitrogens is 3. The van der Waals surface area contributed by atoms with Crippen LogP contribution >= 0.6 is 11.5 Å². The number of carbonyl (C=O) groups is 2. The lowest BCUT2D eigenvalue weighted by Gasteiger charge is -2.25. The number of carbonyl (C=O) groups excluding carboxylic acids is 1. The number of anilines is 1. The Balaban J connectivity index is 2.68. The fourth-order valence-electron chi connectivity index (χ4n) is 1.53. The van der Waals surface area contributed by atoms with Gasteiger partial charge in [0.1, 0.15) is 0 Å². The maximum atomic E-state index is 11.7. The van der Waals surface area contributed by atoms with Crippen molar-refractivity contribution in [3.63, 3.8) is 0 Å². The minimum Gasteiger partial charge on any atom is -0.481 e. The molecule has 1 aromatic heterocycles. The van der Waals surface area contributed by atoms with Crippen LogP contribution in [-0.4, -0.2) is 31.8 Å². The van der Waals surface area contributed by atoms with Gasteiger partial charge in [-0.2, -0.15) is 0 Å². The zero-order valence-electron chi connectivity index (χ0n) is 9.63. The lowest BCUT2D eigenvalue weighted by Crippen LogP contribution is -2.34. The number of nitrogens with one attached hydrogen (secondary N) is 1. The molecular formula is C9H14N4O3S. The van der Waals surface area contributed by atoms with Crippen molar-refractivity contribution >= 4 is 28.5 Å². The van der Waals surface area contributed by atoms with Crippen LogP contribution in [0.4, 0.5) is 5.13 Å². The van der Waals surface area contributed by atoms with Crippen molar-refractivity contribution in [3.05, 3.63) is 0 Å². The molecule has 0 aliphatic rings. The highest BCUT2D eigenvalue weighted by atomic mass is 32.1. The normalized spacial score (nSPS) is 11.2. The molecule has 0 saturated heterocycles. The third-order valence-electron chi connectivity index (χ3n) is 2.85. The van der Waals surface area contributed by atoms with Gasteiger partial charge in [0.15, 0.2) is 0 Å². The molecule has 1 rings (SSSR count). The Morgan fingerprint density at radius 3 is 2.47 bits per heavy atom. The van der Waals surface area contributed by atoms with Crippen molar-refractivity contribution in [1.29, 1.82) is 0 Å². The van der Waals surface area contributed by atoms with E-state index >= 15 is 0 Å². The van der Waals surface area contributed by atoms with Gasteiger partial charge in [0.25, 0.3) is 0 Å². The summed E-state index contributed by atoms with van der Waals surface area (Å²) in [6.07, 6.45) is 0.732. The van der Waals surface area contributed by atoms with Gasteiger partial charge < -0.3 is 5.11 Å². The second-order valence-electron chi connectivity index (χ2n) is 3.69. The van der Waals surface area contributed by atoms with Crippen LogP contribution < -0.4 is 5.32 Å². The van der Waals surface area contributed by atoms with E-state index in [4.69, 9.17) is 0 Å². The van der Waals surface area contributed by atoms with Crippen LogP contribution in [0.1, 0.15) is 33.1 Å². The minimum absolute atomic E-state index is 0.0745. The van der Waals surface area contributed by atoms with Crippen LogP contribution in [-0.2, 0) is 9.59 Å². The highest BCUT2D eigenvalue weighted by Gasteiger charge is 2.37. The van der Waals surface area contributed by atoms with Gasteiger partial charge in [-0.15, -0.1) is 0 Å². The molecule has 0 atom stereocenters. The van der Waals surface area contributed by atoms with Gasteiger partial charge in [-0.3, -0.25) is 14.9 Å². The van der Waals surface area contributed by atoms with Crippen LogP contribution in [0.3, 0.4) is 0 Å². The molecule has 8 heteroatoms. The zero-order valence-corrected chi connectivity index (χ0v) is 10.5. The summed E-state index contributed by atoms with van der Waals surface area (Å²) in [7, 11) is 0. The summed E-state index contributed by atoms with van der Waals surface area (Å²) in [6.45, 7) is 3.52. The van der Waals surface area contributed by atoms with Gasteiger partial charge in [-0.25, -0.2) is 0 Å². The number of hydrogen-bond donors (Lipinski definition) is 2. The first kappa shape index (κ1) is 13.5. The number of amides is 1. The SMILES string of the molecule is CCC(CC)(CC(=O)Nc1nnns1)C(=O)O. The van der Waals surface area contributed by atoms with Gasteiger partial charge >= 0.3 is 5.97 Å². The molecule has 2 N–H and O–H groups in total. The average Bonchev–Trinajstić information content (AvgIpc) is 2.78. The smallest absolute Gasteiger partial charge is 0.310 e. The van der Waals surface area contributed by atoms with Crippen LogP contribution in [0.5, 0.6) is 0 Å². The van der Waals surface area contributed by atoms with Crippen LogP contribution in [0, 0.1) is 5.41 Å². The summed E-state index contributed by atoms with van der Waals surface area (Å²) in [6, 6.07) is 0. The quantitative estimate of drug-likeness (QED) is 0.793. The summed E-state index contributed by atoms with van der Waals surface area (Å²) in [5, 5.41) is 18.8. The van der Waals surface area contributed by atoms with Gasteiger partial charge in [0, 0.05) is 18.0 Å². The number of carboxylic acid groups (broad SMARTS) is 1. The Hall–Kier alpha value is -1.57. The van der Waals surface area contributed by atoms with E-state index in [1.807, 2.05) is 0 Å². The van der Waals surface area contributed by atoms with E-state index in [0.29, 0.717) is 12.8 Å². The van der Waals surface area contributed by atoms with Crippen LogP contribution in [0.2, 0.25) is 0 Å². The van der Waals surface area contributed by atoms with Gasteiger partial charge in [0.05, 0.1) is 5.41 Å². The molecule has 0 unspecified atom stereocenters. The largest absolute Gasteiger partial charge is 0.481 e. The predicted octanol–water partition coefficient (Wildman–Crippen LogP) is 1.15. The van der Waals surface area contributed by atoms with Gasteiger partial charge in [0.2, 0.25) is 11.0 Å². The van der Waals surface area contributed by atoms with Crippen molar-refractivity contribution in [2.45, 2.75) is 33.1 Å². The molecule has 0 aliphatic carbocycles. The molecule has 0 radical (unpaired) electrons. The maximum absolute atomic E-state index is 11.7. The van der Waals surface area contributed by atoms with E-state index in [-0.39, 0.29) is 17.5 Å². The molecule has 0 saturated carbocycles. The monoisotopic (exact) mass is 258 g/mol. The minimum atomic E-state index is -1.01. The van der Waals surface area contributed by atoms with E-state index in [1.54, 1.807) is 13.8 Å². The number of nitrogens with zero attached hydrogens (tertiary/aromatic N) is 3. The van der Waals surface area contributed by atoms with Crippen molar-refractivity contribution in [1.82, 2.24) is 14.8 Å². The van der Waals surface area contributed by atoms with Crippen LogP contribution in [0.25, 0.3) is 0 Å². The lowest BCUT2D eigenvalue weighted by atomic mass is 9.79. The average molecular weight is 258 g/mol. The Kier molecular flexibility index (Phi) is 4.50. The molecule has 0 spiro atoms. The number of aliphatic carboxylic acids is 1. The van der Waals surface area contributed by atoms with Gasteiger partial charge in [-0.1, -0.05) is 23.4 Å². The Morgan fingerprint density at radius 2 is 2.06 bits per heavy atom. The molecule has 0 aliphatic heterocycles. The lowest BCUT2D eigenvalue weighted by molar-refractivity contribution is -0.151. The highest BCUT2D eigenvalue weighted by Crippen LogP contribution is 2.31. The summed E-state index contributed by atoms with van der Waals surface area (Å²) in [5.41, 5.74) is -1.01. The van der Waals surface area contributed by atoms with E-state index in [0.717, 1.165) is 11.5 Å². The standard InChI is InChI=1S/C9H14N4O3S/c1-3-9(4-2,7(15)16)5-6(14)10-8-11-12-13-17-8/h3-5H2,1-2H3,(H,15,16)(H,10,11,13,14). The molecule has 0 bridgehead atoms. The summed E-state index contributed by atoms with van der Waals surface area (Å²) in [5.74, 6) is -1.33. The first-order valence-electron chi connectivity index (χ1n) is 5.22. The fraction of sp³-hybridized carbons (Fsp3) is 0.667. The summed E-state index contributed by atoms with van der Waals surface area (Å²) < 4.78 is 3.50. The molecule has 1 amide bonds. The van der Waals surface area contributed by atoms with Crippen molar-refractivity contribution in [3.8, 4) is 0 Å². The van der Waals surface area contributed by atoms with Crippen molar-refractivity contribution in [2.24, 2.45) is 5.41 Å². The Morgan fingerprint density at radius 1 is 1.41 bits per heavy atom. The molecule has 0 fully saturated rings. The third kappa shape index (κ3) is 3.19. The molecule has 17 heavy (non-hydrogen) atoms. The predicted molar refractivity (Wildman–Crippen MR) is 61.6 cm³/mol. The van der Waals surface area contributed by atoms with Crippen LogP contribution in [0.15, 0.2) is 0 Å². The molecule has 94 valence electrons. The topological polar surface area (TPSA) is 105 Å². The number of rotatable bonds is 6. The second-order valence-corrected chi connectivity index (χ2v) is 4.42. The summed E-state index contributed by atoms with van der Waals surface area (Å²) in [4.78, 5) is 22.9.